The van der Waals surface area contributed by atoms with Crippen LogP contribution in [0, 0.1) is 6.92 Å². The molecule has 4 aromatic rings. The minimum Gasteiger partial charge on any atom is -0.371 e. The Morgan fingerprint density at radius 1 is 1.05 bits per heavy atom. The highest BCUT2D eigenvalue weighted by Gasteiger charge is 2.22. The summed E-state index contributed by atoms with van der Waals surface area (Å²) < 4.78 is 27.7. The Hall–Kier alpha value is -3.63. The van der Waals surface area contributed by atoms with Crippen molar-refractivity contribution in [2.45, 2.75) is 32.4 Å². The molecule has 0 saturated carbocycles. The summed E-state index contributed by atoms with van der Waals surface area (Å²) in [4.78, 5) is 14.2. The number of piperidine rings is 1. The second-order valence-electron chi connectivity index (χ2n) is 10.6. The van der Waals surface area contributed by atoms with Crippen LogP contribution in [0.3, 0.4) is 0 Å². The van der Waals surface area contributed by atoms with Crippen LogP contribution < -0.4 is 14.5 Å². The number of aryl methyl sites for hydroxylation is 1. The first-order valence-electron chi connectivity index (χ1n) is 13.2. The summed E-state index contributed by atoms with van der Waals surface area (Å²) in [6.07, 6.45) is 7.33. The molecule has 1 fully saturated rings. The maximum atomic E-state index is 12.2. The third kappa shape index (κ3) is 5.86. The fourth-order valence-electron chi connectivity index (χ4n) is 5.31. The summed E-state index contributed by atoms with van der Waals surface area (Å²) in [6, 6.07) is 16.6. The van der Waals surface area contributed by atoms with E-state index in [1.54, 1.807) is 7.05 Å². The molecule has 10 heteroatoms. The molecule has 0 bridgehead atoms. The number of anilines is 4. The van der Waals surface area contributed by atoms with Gasteiger partial charge in [0, 0.05) is 55.3 Å². The van der Waals surface area contributed by atoms with Crippen LogP contribution in [0.5, 0.6) is 0 Å². The lowest BCUT2D eigenvalue weighted by Crippen LogP contribution is -2.42. The third-order valence-electron chi connectivity index (χ3n) is 7.66. The second-order valence-corrected chi connectivity index (χ2v) is 12.6. The van der Waals surface area contributed by atoms with E-state index in [1.165, 1.54) is 34.7 Å². The van der Waals surface area contributed by atoms with Crippen LogP contribution >= 0.6 is 0 Å². The summed E-state index contributed by atoms with van der Waals surface area (Å²) in [6.45, 7) is 4.76. The highest BCUT2D eigenvalue weighted by atomic mass is 32.2. The van der Waals surface area contributed by atoms with E-state index < -0.39 is 10.0 Å². The van der Waals surface area contributed by atoms with E-state index in [0.717, 1.165) is 35.4 Å². The van der Waals surface area contributed by atoms with Gasteiger partial charge in [-0.3, -0.25) is 4.31 Å². The molecule has 0 atom stereocenters. The number of fused-ring (bicyclic) bond motifs is 1. The monoisotopic (exact) mass is 547 g/mol. The number of hydrogen-bond donors (Lipinski definition) is 1. The van der Waals surface area contributed by atoms with Crippen LogP contribution in [0.1, 0.15) is 24.0 Å². The van der Waals surface area contributed by atoms with Gasteiger partial charge in [-0.1, -0.05) is 18.2 Å². The predicted octanol–water partition coefficient (Wildman–Crippen LogP) is 4.46. The number of nitrogens with one attached hydrogen (secondary N) is 1. The van der Waals surface area contributed by atoms with Gasteiger partial charge in [-0.15, -0.1) is 0 Å². The zero-order valence-electron chi connectivity index (χ0n) is 23.3. The Morgan fingerprint density at radius 2 is 1.79 bits per heavy atom. The van der Waals surface area contributed by atoms with Crippen LogP contribution in [0.4, 0.5) is 23.0 Å². The Bertz CT molecular complexity index is 1570. The first-order chi connectivity index (χ1) is 18.6. The van der Waals surface area contributed by atoms with Crippen molar-refractivity contribution in [1.82, 2.24) is 19.4 Å². The molecule has 3 heterocycles. The maximum absolute atomic E-state index is 12.2. The van der Waals surface area contributed by atoms with Crippen molar-refractivity contribution >= 4 is 44.1 Å². The van der Waals surface area contributed by atoms with E-state index in [-0.39, 0.29) is 0 Å². The van der Waals surface area contributed by atoms with Gasteiger partial charge in [-0.2, -0.15) is 4.98 Å². The molecule has 0 aliphatic carbocycles. The standard InChI is InChI=1S/C29H37N7O2S/c1-21-18-24(10-11-26(21)35-16-13-25(14-17-35)33(2)3)31-29-30-19-22-12-15-36(28(22)32-29)20-23-8-6-7-9-27(23)34(4)39(5,37)38/h6-12,15,18-19,25H,13-14,16-17,20H2,1-5H3,(H,30,31,32). The topological polar surface area (TPSA) is 86.6 Å². The minimum absolute atomic E-state index is 0.480. The van der Waals surface area contributed by atoms with E-state index in [9.17, 15) is 8.42 Å². The van der Waals surface area contributed by atoms with Crippen LogP contribution in [0.15, 0.2) is 60.9 Å². The number of rotatable bonds is 8. The Labute approximate surface area is 231 Å². The van der Waals surface area contributed by atoms with Crippen LogP contribution in [-0.4, -0.2) is 74.4 Å². The van der Waals surface area contributed by atoms with Crippen molar-refractivity contribution in [3.8, 4) is 0 Å². The number of nitrogens with zero attached hydrogens (tertiary/aromatic N) is 6. The Kier molecular flexibility index (Phi) is 7.51. The number of sulfonamides is 1. The van der Waals surface area contributed by atoms with Crippen molar-refractivity contribution in [1.29, 1.82) is 0 Å². The molecule has 0 amide bonds. The predicted molar refractivity (Wildman–Crippen MR) is 160 cm³/mol. The number of hydrogen-bond acceptors (Lipinski definition) is 7. The molecule has 1 saturated heterocycles. The average Bonchev–Trinajstić information content (AvgIpc) is 3.30. The second kappa shape index (κ2) is 10.9. The first kappa shape index (κ1) is 27.0. The van der Waals surface area contributed by atoms with Crippen molar-refractivity contribution in [2.24, 2.45) is 0 Å². The Morgan fingerprint density at radius 3 is 2.49 bits per heavy atom. The molecule has 1 N–H and O–H groups in total. The maximum Gasteiger partial charge on any atom is 0.232 e. The molecule has 5 rings (SSSR count). The Balaban J connectivity index is 1.34. The van der Waals surface area contributed by atoms with E-state index in [0.29, 0.717) is 24.2 Å². The average molecular weight is 548 g/mol. The summed E-state index contributed by atoms with van der Waals surface area (Å²) >= 11 is 0. The molecule has 0 radical (unpaired) electrons. The SMILES string of the molecule is Cc1cc(Nc2ncc3ccn(Cc4ccccc4N(C)S(C)(=O)=O)c3n2)ccc1N1CCC(N(C)C)CC1. The van der Waals surface area contributed by atoms with Gasteiger partial charge in [-0.25, -0.2) is 13.4 Å². The van der Waals surface area contributed by atoms with E-state index in [4.69, 9.17) is 4.98 Å². The van der Waals surface area contributed by atoms with Crippen molar-refractivity contribution in [2.75, 3.05) is 55.0 Å². The van der Waals surface area contributed by atoms with Crippen molar-refractivity contribution in [3.63, 3.8) is 0 Å². The van der Waals surface area contributed by atoms with Gasteiger partial charge in [0.25, 0.3) is 0 Å². The van der Waals surface area contributed by atoms with Crippen LogP contribution in [0.2, 0.25) is 0 Å². The van der Waals surface area contributed by atoms with Gasteiger partial charge in [0.15, 0.2) is 0 Å². The van der Waals surface area contributed by atoms with Crippen LogP contribution in [0.25, 0.3) is 11.0 Å². The van der Waals surface area contributed by atoms with Gasteiger partial charge in [-0.05, 0) is 75.3 Å². The zero-order chi connectivity index (χ0) is 27.7. The fraction of sp³-hybridized carbons (Fsp3) is 0.379. The van der Waals surface area contributed by atoms with Crippen molar-refractivity contribution < 1.29 is 8.42 Å². The lowest BCUT2D eigenvalue weighted by atomic mass is 10.0. The smallest absolute Gasteiger partial charge is 0.232 e. The van der Waals surface area contributed by atoms with Crippen molar-refractivity contribution in [3.05, 3.63) is 72.1 Å². The zero-order valence-corrected chi connectivity index (χ0v) is 24.1. The molecular weight excluding hydrogens is 510 g/mol. The number of benzene rings is 2. The van der Waals surface area contributed by atoms with E-state index in [1.807, 2.05) is 47.3 Å². The normalized spacial score (nSPS) is 14.8. The summed E-state index contributed by atoms with van der Waals surface area (Å²) in [7, 11) is 2.53. The molecule has 1 aliphatic rings. The molecule has 2 aromatic carbocycles. The summed E-state index contributed by atoms with van der Waals surface area (Å²) in [5, 5.41) is 4.29. The summed E-state index contributed by atoms with van der Waals surface area (Å²) in [5.41, 5.74) is 5.76. The molecule has 2 aromatic heterocycles. The van der Waals surface area contributed by atoms with Gasteiger partial charge in [0.2, 0.25) is 16.0 Å². The molecular formula is C29H37N7O2S. The fourth-order valence-corrected chi connectivity index (χ4v) is 5.85. The lowest BCUT2D eigenvalue weighted by molar-refractivity contribution is 0.249. The van der Waals surface area contributed by atoms with E-state index >= 15 is 0 Å². The quantitative estimate of drug-likeness (QED) is 0.349. The molecule has 39 heavy (non-hydrogen) atoms. The van der Waals surface area contributed by atoms with Gasteiger partial charge >= 0.3 is 0 Å². The number of aromatic nitrogens is 3. The molecule has 9 nitrogen and oxygen atoms in total. The number of para-hydroxylation sites is 1. The largest absolute Gasteiger partial charge is 0.371 e. The first-order valence-corrected chi connectivity index (χ1v) is 15.1. The minimum atomic E-state index is -3.38. The molecule has 1 aliphatic heterocycles. The van der Waals surface area contributed by atoms with Gasteiger partial charge in [0.1, 0.15) is 5.65 Å². The third-order valence-corrected chi connectivity index (χ3v) is 8.85. The molecule has 206 valence electrons. The van der Waals surface area contributed by atoms with E-state index in [2.05, 4.69) is 59.3 Å². The van der Waals surface area contributed by atoms with Gasteiger partial charge < -0.3 is 19.7 Å². The van der Waals surface area contributed by atoms with Crippen LogP contribution in [-0.2, 0) is 16.6 Å². The molecule has 0 spiro atoms. The summed E-state index contributed by atoms with van der Waals surface area (Å²) in [5.74, 6) is 0.517. The lowest BCUT2D eigenvalue weighted by Gasteiger charge is -2.37. The highest BCUT2D eigenvalue weighted by Crippen LogP contribution is 2.29. The molecule has 0 unspecified atom stereocenters. The van der Waals surface area contributed by atoms with Gasteiger partial charge in [0.05, 0.1) is 18.5 Å². The highest BCUT2D eigenvalue weighted by molar-refractivity contribution is 7.92.